The highest BCUT2D eigenvalue weighted by molar-refractivity contribution is 9.10. The molecule has 0 aromatic heterocycles. The van der Waals surface area contributed by atoms with Crippen molar-refractivity contribution in [3.63, 3.8) is 0 Å². The first kappa shape index (κ1) is 20.3. The van der Waals surface area contributed by atoms with Gasteiger partial charge in [0.05, 0.1) is 17.3 Å². The molecule has 140 valence electrons. The third-order valence-corrected chi connectivity index (χ3v) is 5.61. The molecule has 0 aliphatic rings. The van der Waals surface area contributed by atoms with Crippen LogP contribution in [0, 0.1) is 0 Å². The van der Waals surface area contributed by atoms with E-state index in [2.05, 4.69) is 26.0 Å². The number of hydrogen-bond donors (Lipinski definition) is 2. The molecule has 8 heteroatoms. The molecule has 6 nitrogen and oxygen atoms in total. The van der Waals surface area contributed by atoms with Crippen molar-refractivity contribution < 1.29 is 17.9 Å². The smallest absolute Gasteiger partial charge is 0.232 e. The van der Waals surface area contributed by atoms with Crippen LogP contribution in [-0.2, 0) is 21.2 Å². The number of anilines is 2. The topological polar surface area (TPSA) is 84.5 Å². The van der Waals surface area contributed by atoms with Crippen LogP contribution in [0.1, 0.15) is 18.9 Å². The van der Waals surface area contributed by atoms with Crippen molar-refractivity contribution in [3.8, 4) is 5.75 Å². The standard InChI is InChI=1S/C18H21BrN2O4S/c1-3-26(23,24)21-15-8-6-14(7-9-15)20-18(22)11-5-13-4-10-17(25-2)16(19)12-13/h4,6-10,12,21H,3,5,11H2,1-2H3,(H,20,22). The van der Waals surface area contributed by atoms with Crippen LogP contribution in [-0.4, -0.2) is 27.2 Å². The largest absolute Gasteiger partial charge is 0.496 e. The number of ether oxygens (including phenoxy) is 1. The van der Waals surface area contributed by atoms with Crippen molar-refractivity contribution in [1.82, 2.24) is 0 Å². The Bertz CT molecular complexity index is 867. The predicted octanol–water partition coefficient (Wildman–Crippen LogP) is 3.79. The molecular weight excluding hydrogens is 420 g/mol. The molecule has 0 bridgehead atoms. The van der Waals surface area contributed by atoms with Crippen LogP contribution in [0.4, 0.5) is 11.4 Å². The van der Waals surface area contributed by atoms with Gasteiger partial charge in [-0.05, 0) is 71.2 Å². The van der Waals surface area contributed by atoms with Gasteiger partial charge in [-0.25, -0.2) is 8.42 Å². The van der Waals surface area contributed by atoms with E-state index >= 15 is 0 Å². The van der Waals surface area contributed by atoms with Crippen LogP contribution in [0.3, 0.4) is 0 Å². The lowest BCUT2D eigenvalue weighted by Gasteiger charge is -2.09. The normalized spacial score (nSPS) is 11.0. The van der Waals surface area contributed by atoms with Crippen LogP contribution < -0.4 is 14.8 Å². The highest BCUT2D eigenvalue weighted by Gasteiger charge is 2.08. The van der Waals surface area contributed by atoms with Crippen LogP contribution >= 0.6 is 15.9 Å². The average molecular weight is 441 g/mol. The number of halogens is 1. The number of methoxy groups -OCH3 is 1. The van der Waals surface area contributed by atoms with E-state index in [0.717, 1.165) is 15.8 Å². The Balaban J connectivity index is 1.88. The molecule has 26 heavy (non-hydrogen) atoms. The number of carbonyl (C=O) groups excluding carboxylic acids is 1. The SMILES string of the molecule is CCS(=O)(=O)Nc1ccc(NC(=O)CCc2ccc(OC)c(Br)c2)cc1. The van der Waals surface area contributed by atoms with Gasteiger partial charge in [0.1, 0.15) is 5.75 Å². The summed E-state index contributed by atoms with van der Waals surface area (Å²) in [7, 11) is -1.70. The number of carbonyl (C=O) groups is 1. The van der Waals surface area contributed by atoms with Gasteiger partial charge in [0.2, 0.25) is 15.9 Å². The number of sulfonamides is 1. The zero-order valence-electron chi connectivity index (χ0n) is 14.6. The van der Waals surface area contributed by atoms with Crippen molar-refractivity contribution in [2.24, 2.45) is 0 Å². The number of benzene rings is 2. The molecule has 0 spiro atoms. The van der Waals surface area contributed by atoms with E-state index in [1.54, 1.807) is 38.3 Å². The van der Waals surface area contributed by atoms with Gasteiger partial charge >= 0.3 is 0 Å². The highest BCUT2D eigenvalue weighted by Crippen LogP contribution is 2.26. The zero-order valence-corrected chi connectivity index (χ0v) is 17.0. The molecule has 0 aliphatic heterocycles. The van der Waals surface area contributed by atoms with E-state index in [-0.39, 0.29) is 11.7 Å². The summed E-state index contributed by atoms with van der Waals surface area (Å²) in [4.78, 5) is 12.1. The Hall–Kier alpha value is -2.06. The van der Waals surface area contributed by atoms with E-state index in [4.69, 9.17) is 4.74 Å². The van der Waals surface area contributed by atoms with Crippen LogP contribution in [0.15, 0.2) is 46.9 Å². The molecule has 0 heterocycles. The minimum atomic E-state index is -3.31. The van der Waals surface area contributed by atoms with Gasteiger partial charge in [0.25, 0.3) is 0 Å². The summed E-state index contributed by atoms with van der Waals surface area (Å²) in [6.45, 7) is 1.57. The summed E-state index contributed by atoms with van der Waals surface area (Å²) in [6, 6.07) is 12.3. The first-order valence-electron chi connectivity index (χ1n) is 8.06. The quantitative estimate of drug-likeness (QED) is 0.653. The minimum absolute atomic E-state index is 0.00691. The molecule has 0 atom stereocenters. The van der Waals surface area contributed by atoms with Crippen molar-refractivity contribution in [1.29, 1.82) is 0 Å². The Morgan fingerprint density at radius 1 is 1.12 bits per heavy atom. The monoisotopic (exact) mass is 440 g/mol. The van der Waals surface area contributed by atoms with Gasteiger partial charge in [-0.3, -0.25) is 9.52 Å². The third kappa shape index (κ3) is 6.03. The van der Waals surface area contributed by atoms with E-state index in [0.29, 0.717) is 24.2 Å². The van der Waals surface area contributed by atoms with E-state index in [1.165, 1.54) is 0 Å². The number of aryl methyl sites for hydroxylation is 1. The molecule has 1 amide bonds. The Morgan fingerprint density at radius 3 is 2.35 bits per heavy atom. The molecule has 2 N–H and O–H groups in total. The summed E-state index contributed by atoms with van der Waals surface area (Å²) in [5, 5.41) is 2.80. The maximum absolute atomic E-state index is 12.1. The van der Waals surface area contributed by atoms with E-state index in [9.17, 15) is 13.2 Å². The fourth-order valence-electron chi connectivity index (χ4n) is 2.22. The molecule has 2 aromatic rings. The Labute approximate surface area is 162 Å². The van der Waals surface area contributed by atoms with E-state index < -0.39 is 10.0 Å². The van der Waals surface area contributed by atoms with Gasteiger partial charge in [-0.2, -0.15) is 0 Å². The molecule has 0 fully saturated rings. The molecule has 0 saturated carbocycles. The molecule has 2 aromatic carbocycles. The maximum atomic E-state index is 12.1. The summed E-state index contributed by atoms with van der Waals surface area (Å²) in [5.74, 6) is 0.642. The summed E-state index contributed by atoms with van der Waals surface area (Å²) in [5.41, 5.74) is 2.11. The number of rotatable bonds is 8. The summed E-state index contributed by atoms with van der Waals surface area (Å²) < 4.78 is 31.5. The predicted molar refractivity (Wildman–Crippen MR) is 107 cm³/mol. The fourth-order valence-corrected chi connectivity index (χ4v) is 3.45. The highest BCUT2D eigenvalue weighted by atomic mass is 79.9. The number of hydrogen-bond acceptors (Lipinski definition) is 4. The molecule has 0 saturated heterocycles. The molecule has 2 rings (SSSR count). The van der Waals surface area contributed by atoms with Gasteiger partial charge in [-0.15, -0.1) is 0 Å². The number of nitrogens with one attached hydrogen (secondary N) is 2. The number of amides is 1. The molecular formula is C18H21BrN2O4S. The van der Waals surface area contributed by atoms with Crippen LogP contribution in [0.25, 0.3) is 0 Å². The van der Waals surface area contributed by atoms with Crippen molar-refractivity contribution >= 4 is 43.2 Å². The minimum Gasteiger partial charge on any atom is -0.496 e. The van der Waals surface area contributed by atoms with Gasteiger partial charge in [0, 0.05) is 17.8 Å². The van der Waals surface area contributed by atoms with Crippen LogP contribution in [0.2, 0.25) is 0 Å². The Morgan fingerprint density at radius 2 is 1.77 bits per heavy atom. The van der Waals surface area contributed by atoms with Crippen molar-refractivity contribution in [3.05, 3.63) is 52.5 Å². The second-order valence-corrected chi connectivity index (χ2v) is 8.47. The van der Waals surface area contributed by atoms with Gasteiger partial charge in [0.15, 0.2) is 0 Å². The average Bonchev–Trinajstić information content (AvgIpc) is 2.61. The Kier molecular flexibility index (Phi) is 7.05. The summed E-state index contributed by atoms with van der Waals surface area (Å²) >= 11 is 3.43. The first-order valence-corrected chi connectivity index (χ1v) is 10.5. The molecule has 0 aliphatic carbocycles. The lowest BCUT2D eigenvalue weighted by Crippen LogP contribution is -2.15. The lowest BCUT2D eigenvalue weighted by atomic mass is 10.1. The van der Waals surface area contributed by atoms with Gasteiger partial charge in [-0.1, -0.05) is 6.07 Å². The summed E-state index contributed by atoms with van der Waals surface area (Å²) in [6.07, 6.45) is 0.936. The van der Waals surface area contributed by atoms with Crippen molar-refractivity contribution in [2.45, 2.75) is 19.8 Å². The third-order valence-electron chi connectivity index (χ3n) is 3.68. The zero-order chi connectivity index (χ0) is 19.2. The fraction of sp³-hybridized carbons (Fsp3) is 0.278. The second kappa shape index (κ2) is 9.05. The first-order chi connectivity index (χ1) is 12.3. The molecule has 0 unspecified atom stereocenters. The molecule has 0 radical (unpaired) electrons. The van der Waals surface area contributed by atoms with Crippen molar-refractivity contribution in [2.75, 3.05) is 22.9 Å². The second-order valence-electron chi connectivity index (χ2n) is 5.60. The van der Waals surface area contributed by atoms with E-state index in [1.807, 2.05) is 18.2 Å². The van der Waals surface area contributed by atoms with Crippen LogP contribution in [0.5, 0.6) is 5.75 Å². The van der Waals surface area contributed by atoms with Gasteiger partial charge < -0.3 is 10.1 Å². The maximum Gasteiger partial charge on any atom is 0.232 e. The lowest BCUT2D eigenvalue weighted by molar-refractivity contribution is -0.116.